The van der Waals surface area contributed by atoms with Crippen LogP contribution in [-0.2, 0) is 23.7 Å². The van der Waals surface area contributed by atoms with Crippen LogP contribution in [0.25, 0.3) is 0 Å². The molecule has 0 amide bonds. The van der Waals surface area contributed by atoms with Crippen LogP contribution in [0, 0.1) is 0 Å². The fourth-order valence-electron chi connectivity index (χ4n) is 1.62. The van der Waals surface area contributed by atoms with Crippen LogP contribution in [0.1, 0.15) is 20.3 Å². The molecular formula is C12H26O5Si. The number of rotatable bonds is 11. The highest BCUT2D eigenvalue weighted by molar-refractivity contribution is 6.37. The van der Waals surface area contributed by atoms with Crippen molar-refractivity contribution < 1.29 is 23.7 Å². The lowest BCUT2D eigenvalue weighted by molar-refractivity contribution is -0.355. The minimum absolute atomic E-state index is 0.238. The van der Waals surface area contributed by atoms with E-state index in [9.17, 15) is 0 Å². The van der Waals surface area contributed by atoms with Crippen molar-refractivity contribution in [2.45, 2.75) is 44.1 Å². The molecule has 0 aromatic heterocycles. The van der Waals surface area contributed by atoms with Gasteiger partial charge in [0.05, 0.1) is 22.7 Å². The molecule has 0 saturated carbocycles. The highest BCUT2D eigenvalue weighted by atomic mass is 28.2. The van der Waals surface area contributed by atoms with Gasteiger partial charge in [-0.25, -0.2) is 0 Å². The summed E-state index contributed by atoms with van der Waals surface area (Å²) in [5, 5.41) is 0. The third kappa shape index (κ3) is 6.82. The van der Waals surface area contributed by atoms with Crippen molar-refractivity contribution in [1.82, 2.24) is 0 Å². The maximum Gasteiger partial charge on any atom is 0.279 e. The number of hydrogen-bond acceptors (Lipinski definition) is 5. The van der Waals surface area contributed by atoms with Gasteiger partial charge >= 0.3 is 0 Å². The lowest BCUT2D eigenvalue weighted by atomic mass is 10.5. The summed E-state index contributed by atoms with van der Waals surface area (Å²) in [6, 6.07) is 1.20. The monoisotopic (exact) mass is 278 g/mol. The molecule has 1 aliphatic rings. The second kappa shape index (κ2) is 8.24. The lowest BCUT2D eigenvalue weighted by Crippen LogP contribution is -2.38. The first-order chi connectivity index (χ1) is 8.59. The van der Waals surface area contributed by atoms with E-state index >= 15 is 0 Å². The van der Waals surface area contributed by atoms with Crippen molar-refractivity contribution in [2.24, 2.45) is 0 Å². The SMILES string of the molecule is COC(C)(OC)OC(C)[SiH2]CCCOCC1CO1. The van der Waals surface area contributed by atoms with E-state index in [4.69, 9.17) is 23.7 Å². The molecular weight excluding hydrogens is 252 g/mol. The summed E-state index contributed by atoms with van der Waals surface area (Å²) in [6.07, 6.45) is 1.47. The topological polar surface area (TPSA) is 49.5 Å². The fraction of sp³-hybridized carbons (Fsp3) is 1.00. The van der Waals surface area contributed by atoms with Crippen LogP contribution in [0.5, 0.6) is 0 Å². The van der Waals surface area contributed by atoms with Gasteiger partial charge in [0.1, 0.15) is 6.10 Å². The van der Waals surface area contributed by atoms with E-state index in [-0.39, 0.29) is 15.2 Å². The van der Waals surface area contributed by atoms with Crippen LogP contribution in [-0.4, -0.2) is 61.4 Å². The molecule has 18 heavy (non-hydrogen) atoms. The summed E-state index contributed by atoms with van der Waals surface area (Å²) >= 11 is 0. The molecule has 5 nitrogen and oxygen atoms in total. The van der Waals surface area contributed by atoms with Crippen molar-refractivity contribution in [1.29, 1.82) is 0 Å². The Morgan fingerprint density at radius 2 is 2.06 bits per heavy atom. The highest BCUT2D eigenvalue weighted by Gasteiger charge is 2.26. The van der Waals surface area contributed by atoms with Crippen LogP contribution < -0.4 is 0 Å². The maximum atomic E-state index is 5.75. The van der Waals surface area contributed by atoms with E-state index in [2.05, 4.69) is 6.92 Å². The van der Waals surface area contributed by atoms with Gasteiger partial charge in [0.25, 0.3) is 5.97 Å². The first kappa shape index (κ1) is 16.1. The summed E-state index contributed by atoms with van der Waals surface area (Å²) < 4.78 is 26.7. The molecule has 1 fully saturated rings. The standard InChI is InChI=1S/C12H26O5Si/c1-10(17-12(2,13-3)14-4)18-7-5-6-15-8-11-9-16-11/h10-11H,5-9,18H2,1-4H3. The normalized spacial score (nSPS) is 21.7. The predicted molar refractivity (Wildman–Crippen MR) is 71.5 cm³/mol. The maximum absolute atomic E-state index is 5.75. The molecule has 2 unspecified atom stereocenters. The molecule has 108 valence electrons. The number of methoxy groups -OCH3 is 2. The molecule has 6 heteroatoms. The van der Waals surface area contributed by atoms with Crippen molar-refractivity contribution in [2.75, 3.05) is 34.0 Å². The molecule has 0 aromatic carbocycles. The van der Waals surface area contributed by atoms with Gasteiger partial charge in [0.15, 0.2) is 0 Å². The third-order valence-corrected chi connectivity index (χ3v) is 4.90. The van der Waals surface area contributed by atoms with Crippen LogP contribution in [0.4, 0.5) is 0 Å². The zero-order valence-electron chi connectivity index (χ0n) is 11.9. The average Bonchev–Trinajstić information content (AvgIpc) is 3.17. The van der Waals surface area contributed by atoms with Crippen LogP contribution in [0.2, 0.25) is 6.04 Å². The molecule has 0 aromatic rings. The smallest absolute Gasteiger partial charge is 0.279 e. The molecule has 0 spiro atoms. The van der Waals surface area contributed by atoms with Crippen LogP contribution >= 0.6 is 0 Å². The molecule has 1 heterocycles. The minimum atomic E-state index is -0.910. The number of hydrogen-bond donors (Lipinski definition) is 0. The highest BCUT2D eigenvalue weighted by Crippen LogP contribution is 2.15. The molecule has 0 bridgehead atoms. The van der Waals surface area contributed by atoms with Gasteiger partial charge in [0.2, 0.25) is 0 Å². The van der Waals surface area contributed by atoms with E-state index in [0.717, 1.165) is 26.2 Å². The molecule has 1 aliphatic heterocycles. The van der Waals surface area contributed by atoms with E-state index in [1.165, 1.54) is 6.04 Å². The molecule has 1 saturated heterocycles. The van der Waals surface area contributed by atoms with Gasteiger partial charge < -0.3 is 23.7 Å². The zero-order chi connectivity index (χ0) is 13.4. The van der Waals surface area contributed by atoms with E-state index in [1.54, 1.807) is 21.1 Å². The van der Waals surface area contributed by atoms with Crippen molar-refractivity contribution >= 4 is 9.52 Å². The molecule has 0 radical (unpaired) electrons. The molecule has 1 rings (SSSR count). The third-order valence-electron chi connectivity index (χ3n) is 3.01. The quantitative estimate of drug-likeness (QED) is 0.241. The second-order valence-corrected chi connectivity index (χ2v) is 7.16. The Kier molecular flexibility index (Phi) is 7.36. The minimum Gasteiger partial charge on any atom is -0.379 e. The largest absolute Gasteiger partial charge is 0.379 e. The molecule has 0 aliphatic carbocycles. The predicted octanol–water partition coefficient (Wildman–Crippen LogP) is 0.708. The Labute approximate surface area is 112 Å². The average molecular weight is 278 g/mol. The van der Waals surface area contributed by atoms with Gasteiger partial charge in [-0.15, -0.1) is 0 Å². The second-order valence-electron chi connectivity index (χ2n) is 4.73. The summed E-state index contributed by atoms with van der Waals surface area (Å²) in [5.74, 6) is -0.910. The van der Waals surface area contributed by atoms with Crippen LogP contribution in [0.3, 0.4) is 0 Å². The molecule has 2 atom stereocenters. The Balaban J connectivity index is 1.96. The van der Waals surface area contributed by atoms with E-state index < -0.39 is 5.97 Å². The summed E-state index contributed by atoms with van der Waals surface area (Å²) in [4.78, 5) is 0. The van der Waals surface area contributed by atoms with Crippen molar-refractivity contribution in [3.8, 4) is 0 Å². The van der Waals surface area contributed by atoms with Gasteiger partial charge in [-0.2, -0.15) is 0 Å². The fourth-order valence-corrected chi connectivity index (χ4v) is 3.11. The van der Waals surface area contributed by atoms with Gasteiger partial charge in [-0.1, -0.05) is 6.04 Å². The van der Waals surface area contributed by atoms with Crippen molar-refractivity contribution in [3.05, 3.63) is 0 Å². The Hall–Kier alpha value is 0.0169. The lowest BCUT2D eigenvalue weighted by Gasteiger charge is -2.29. The number of ether oxygens (including phenoxy) is 5. The zero-order valence-corrected chi connectivity index (χ0v) is 13.4. The molecule has 0 N–H and O–H groups in total. The van der Waals surface area contributed by atoms with Gasteiger partial charge in [0, 0.05) is 33.5 Å². The Morgan fingerprint density at radius 3 is 2.61 bits per heavy atom. The Morgan fingerprint density at radius 1 is 1.39 bits per heavy atom. The summed E-state index contributed by atoms with van der Waals surface area (Å²) in [5.41, 5.74) is 0.238. The first-order valence-corrected chi connectivity index (χ1v) is 8.38. The summed E-state index contributed by atoms with van der Waals surface area (Å²) in [7, 11) is 2.89. The Bertz CT molecular complexity index is 219. The van der Waals surface area contributed by atoms with Gasteiger partial charge in [-0.05, 0) is 13.3 Å². The van der Waals surface area contributed by atoms with Gasteiger partial charge in [-0.3, -0.25) is 0 Å². The van der Waals surface area contributed by atoms with Crippen LogP contribution in [0.15, 0.2) is 0 Å². The van der Waals surface area contributed by atoms with Crippen molar-refractivity contribution in [3.63, 3.8) is 0 Å². The van der Waals surface area contributed by atoms with E-state index in [0.29, 0.717) is 6.10 Å². The summed E-state index contributed by atoms with van der Waals surface area (Å²) in [6.45, 7) is 6.31. The van der Waals surface area contributed by atoms with E-state index in [1.807, 2.05) is 0 Å². The first-order valence-electron chi connectivity index (χ1n) is 6.57. The number of epoxide rings is 1.